The van der Waals surface area contributed by atoms with Gasteiger partial charge in [-0.05, 0) is 0 Å². The molecule has 0 fully saturated rings. The smallest absolute Gasteiger partial charge is 0.124 e. The zero-order chi connectivity index (χ0) is 12.3. The predicted octanol–water partition coefficient (Wildman–Crippen LogP) is 2.02. The number of alkyl halides is 1. The molecule has 1 aromatic carbocycles. The molecule has 0 bridgehead atoms. The molecule has 17 heavy (non-hydrogen) atoms. The van der Waals surface area contributed by atoms with E-state index in [1.807, 2.05) is 12.1 Å². The normalized spacial score (nSPS) is 10.3. The van der Waals surface area contributed by atoms with Crippen molar-refractivity contribution in [1.82, 2.24) is 15.0 Å². The molecule has 0 spiro atoms. The number of benzene rings is 1. The van der Waals surface area contributed by atoms with Crippen molar-refractivity contribution in [2.45, 2.75) is 5.88 Å². The fourth-order valence-corrected chi connectivity index (χ4v) is 1.66. The minimum absolute atomic E-state index is 0.340. The van der Waals surface area contributed by atoms with E-state index >= 15 is 0 Å². The first-order valence-corrected chi connectivity index (χ1v) is 5.51. The van der Waals surface area contributed by atoms with Crippen LogP contribution in [0.1, 0.15) is 5.69 Å². The molecule has 1 heterocycles. The molecule has 6 heteroatoms. The van der Waals surface area contributed by atoms with Crippen molar-refractivity contribution in [3.8, 4) is 17.2 Å². The van der Waals surface area contributed by atoms with Gasteiger partial charge in [-0.1, -0.05) is 5.21 Å². The SMILES string of the molecule is COc1cc(OC)cc(-n2nncc2CCl)c1. The average molecular weight is 254 g/mol. The quantitative estimate of drug-likeness (QED) is 0.783. The molecule has 0 saturated carbocycles. The van der Waals surface area contributed by atoms with Gasteiger partial charge in [-0.2, -0.15) is 0 Å². The Morgan fingerprint density at radius 1 is 1.18 bits per heavy atom. The molecule has 5 nitrogen and oxygen atoms in total. The van der Waals surface area contributed by atoms with Crippen molar-refractivity contribution in [2.75, 3.05) is 14.2 Å². The summed E-state index contributed by atoms with van der Waals surface area (Å²) in [5, 5.41) is 7.81. The van der Waals surface area contributed by atoms with Crippen molar-refractivity contribution in [1.29, 1.82) is 0 Å². The first kappa shape index (κ1) is 11.7. The first-order chi connectivity index (χ1) is 8.28. The Bertz CT molecular complexity index is 491. The molecule has 2 aromatic rings. The van der Waals surface area contributed by atoms with Gasteiger partial charge in [-0.25, -0.2) is 4.68 Å². The van der Waals surface area contributed by atoms with Crippen LogP contribution < -0.4 is 9.47 Å². The van der Waals surface area contributed by atoms with Crippen LogP contribution in [0.4, 0.5) is 0 Å². The Morgan fingerprint density at radius 2 is 1.82 bits per heavy atom. The summed E-state index contributed by atoms with van der Waals surface area (Å²) in [4.78, 5) is 0. The molecule has 0 unspecified atom stereocenters. The molecule has 0 N–H and O–H groups in total. The number of hydrogen-bond acceptors (Lipinski definition) is 4. The van der Waals surface area contributed by atoms with E-state index in [9.17, 15) is 0 Å². The van der Waals surface area contributed by atoms with E-state index in [4.69, 9.17) is 21.1 Å². The third kappa shape index (κ3) is 2.34. The van der Waals surface area contributed by atoms with Gasteiger partial charge in [-0.3, -0.25) is 0 Å². The molecule has 0 radical (unpaired) electrons. The van der Waals surface area contributed by atoms with Gasteiger partial charge in [0.1, 0.15) is 11.5 Å². The second-order valence-corrected chi connectivity index (χ2v) is 3.61. The Labute approximate surface area is 104 Å². The number of aromatic nitrogens is 3. The van der Waals surface area contributed by atoms with Crippen LogP contribution in [0.2, 0.25) is 0 Å². The van der Waals surface area contributed by atoms with Crippen LogP contribution in [0.25, 0.3) is 5.69 Å². The summed E-state index contributed by atoms with van der Waals surface area (Å²) in [5.74, 6) is 1.72. The summed E-state index contributed by atoms with van der Waals surface area (Å²) in [6.45, 7) is 0. The highest BCUT2D eigenvalue weighted by Crippen LogP contribution is 2.25. The molecular formula is C11H12ClN3O2. The van der Waals surface area contributed by atoms with Gasteiger partial charge in [0.05, 0.1) is 37.7 Å². The predicted molar refractivity (Wildman–Crippen MR) is 64.0 cm³/mol. The van der Waals surface area contributed by atoms with Crippen LogP contribution in [0.15, 0.2) is 24.4 Å². The van der Waals surface area contributed by atoms with Crippen molar-refractivity contribution in [3.05, 3.63) is 30.1 Å². The monoisotopic (exact) mass is 253 g/mol. The van der Waals surface area contributed by atoms with Crippen molar-refractivity contribution in [2.24, 2.45) is 0 Å². The average Bonchev–Trinajstić information content (AvgIpc) is 2.86. The lowest BCUT2D eigenvalue weighted by Crippen LogP contribution is -2.02. The summed E-state index contributed by atoms with van der Waals surface area (Å²) in [7, 11) is 3.20. The molecule has 2 rings (SSSR count). The van der Waals surface area contributed by atoms with E-state index in [2.05, 4.69) is 10.3 Å². The molecule has 0 aliphatic carbocycles. The van der Waals surface area contributed by atoms with Gasteiger partial charge in [0, 0.05) is 18.2 Å². The van der Waals surface area contributed by atoms with E-state index < -0.39 is 0 Å². The zero-order valence-corrected chi connectivity index (χ0v) is 10.3. The standard InChI is InChI=1S/C11H12ClN3O2/c1-16-10-3-8(4-11(5-10)17-2)15-9(6-12)7-13-14-15/h3-5,7H,6H2,1-2H3. The van der Waals surface area contributed by atoms with Gasteiger partial charge in [0.25, 0.3) is 0 Å². The van der Waals surface area contributed by atoms with Gasteiger partial charge in [0.2, 0.25) is 0 Å². The second-order valence-electron chi connectivity index (χ2n) is 3.34. The second kappa shape index (κ2) is 5.05. The summed E-state index contributed by atoms with van der Waals surface area (Å²) in [6, 6.07) is 5.47. The van der Waals surface area contributed by atoms with Crippen molar-refractivity contribution in [3.63, 3.8) is 0 Å². The van der Waals surface area contributed by atoms with Gasteiger partial charge in [0.15, 0.2) is 0 Å². The van der Waals surface area contributed by atoms with E-state index in [1.165, 1.54) is 0 Å². The molecule has 0 aliphatic heterocycles. The molecule has 0 aliphatic rings. The van der Waals surface area contributed by atoms with Crippen LogP contribution in [0, 0.1) is 0 Å². The Kier molecular flexibility index (Phi) is 3.49. The highest BCUT2D eigenvalue weighted by atomic mass is 35.5. The number of hydrogen-bond donors (Lipinski definition) is 0. The summed E-state index contributed by atoms with van der Waals surface area (Å²) in [6.07, 6.45) is 1.62. The summed E-state index contributed by atoms with van der Waals surface area (Å²) >= 11 is 5.81. The first-order valence-electron chi connectivity index (χ1n) is 4.97. The lowest BCUT2D eigenvalue weighted by atomic mass is 10.2. The minimum atomic E-state index is 0.340. The lowest BCUT2D eigenvalue weighted by Gasteiger charge is -2.09. The Balaban J connectivity index is 2.51. The molecule has 0 atom stereocenters. The molecule has 0 amide bonds. The Hall–Kier alpha value is -1.75. The van der Waals surface area contributed by atoms with Crippen LogP contribution >= 0.6 is 11.6 Å². The van der Waals surface area contributed by atoms with Crippen LogP contribution in [-0.2, 0) is 5.88 Å². The fourth-order valence-electron chi connectivity index (χ4n) is 1.48. The number of halogens is 1. The maximum atomic E-state index is 5.81. The van der Waals surface area contributed by atoms with E-state index in [1.54, 1.807) is 31.2 Å². The number of ether oxygens (including phenoxy) is 2. The van der Waals surface area contributed by atoms with Crippen LogP contribution in [0.5, 0.6) is 11.5 Å². The van der Waals surface area contributed by atoms with Gasteiger partial charge >= 0.3 is 0 Å². The van der Waals surface area contributed by atoms with E-state index in [-0.39, 0.29) is 0 Å². The highest BCUT2D eigenvalue weighted by molar-refractivity contribution is 6.16. The largest absolute Gasteiger partial charge is 0.497 e. The minimum Gasteiger partial charge on any atom is -0.497 e. The lowest BCUT2D eigenvalue weighted by molar-refractivity contribution is 0.393. The third-order valence-electron chi connectivity index (χ3n) is 2.34. The highest BCUT2D eigenvalue weighted by Gasteiger charge is 2.08. The third-order valence-corrected chi connectivity index (χ3v) is 2.61. The number of rotatable bonds is 4. The van der Waals surface area contributed by atoms with Crippen molar-refractivity contribution < 1.29 is 9.47 Å². The fraction of sp³-hybridized carbons (Fsp3) is 0.273. The topological polar surface area (TPSA) is 49.2 Å². The Morgan fingerprint density at radius 3 is 2.35 bits per heavy atom. The molecule has 90 valence electrons. The summed E-state index contributed by atoms with van der Waals surface area (Å²) < 4.78 is 12.0. The maximum absolute atomic E-state index is 5.81. The zero-order valence-electron chi connectivity index (χ0n) is 9.55. The van der Waals surface area contributed by atoms with E-state index in [0.717, 1.165) is 11.4 Å². The van der Waals surface area contributed by atoms with Gasteiger partial charge in [-0.15, -0.1) is 16.7 Å². The molecule has 1 aromatic heterocycles. The van der Waals surface area contributed by atoms with Crippen LogP contribution in [0.3, 0.4) is 0 Å². The number of nitrogens with zero attached hydrogens (tertiary/aromatic N) is 3. The maximum Gasteiger partial charge on any atom is 0.124 e. The van der Waals surface area contributed by atoms with E-state index in [0.29, 0.717) is 17.4 Å². The number of methoxy groups -OCH3 is 2. The molecular weight excluding hydrogens is 242 g/mol. The van der Waals surface area contributed by atoms with Crippen LogP contribution in [-0.4, -0.2) is 29.2 Å². The van der Waals surface area contributed by atoms with Gasteiger partial charge < -0.3 is 9.47 Å². The van der Waals surface area contributed by atoms with Crippen molar-refractivity contribution >= 4 is 11.6 Å². The molecule has 0 saturated heterocycles. The summed E-state index contributed by atoms with van der Waals surface area (Å²) in [5.41, 5.74) is 1.61.